The number of ether oxygens (including phenoxy) is 1. The van der Waals surface area contributed by atoms with Crippen molar-refractivity contribution in [2.75, 3.05) is 13.2 Å². The molecule has 0 bridgehead atoms. The molecule has 0 aliphatic heterocycles. The highest BCUT2D eigenvalue weighted by atomic mass is 32.1. The molecule has 0 aliphatic carbocycles. The molecule has 6 heteroatoms. The van der Waals surface area contributed by atoms with E-state index >= 15 is 0 Å². The summed E-state index contributed by atoms with van der Waals surface area (Å²) in [7, 11) is 0. The summed E-state index contributed by atoms with van der Waals surface area (Å²) >= 11 is 1.42. The first kappa shape index (κ1) is 14.9. The van der Waals surface area contributed by atoms with E-state index < -0.39 is 0 Å². The minimum Gasteiger partial charge on any atom is -0.492 e. The lowest BCUT2D eigenvalue weighted by molar-refractivity contribution is 0.315. The molecule has 5 nitrogen and oxygen atoms in total. The van der Waals surface area contributed by atoms with Crippen LogP contribution in [0.3, 0.4) is 0 Å². The lowest BCUT2D eigenvalue weighted by Crippen LogP contribution is -2.22. The van der Waals surface area contributed by atoms with E-state index in [9.17, 15) is 0 Å². The number of nitrogens with one attached hydrogen (secondary N) is 1. The van der Waals surface area contributed by atoms with Crippen molar-refractivity contribution < 1.29 is 4.74 Å². The van der Waals surface area contributed by atoms with Gasteiger partial charge in [-0.1, -0.05) is 18.3 Å². The Hall–Kier alpha value is -1.53. The smallest absolute Gasteiger partial charge is 0.137 e. The molecule has 1 unspecified atom stereocenters. The Morgan fingerprint density at radius 3 is 2.85 bits per heavy atom. The molecular formula is C14H20N4OS. The average molecular weight is 292 g/mol. The van der Waals surface area contributed by atoms with Gasteiger partial charge < -0.3 is 10.1 Å². The molecule has 0 radical (unpaired) electrons. The van der Waals surface area contributed by atoms with Crippen LogP contribution in [0.25, 0.3) is 0 Å². The van der Waals surface area contributed by atoms with Crippen molar-refractivity contribution in [2.24, 2.45) is 0 Å². The number of hydrogen-bond donors (Lipinski definition) is 1. The molecule has 0 amide bonds. The standard InChI is InChI=1S/C14H20N4OS/c1-4-6-19-12-7-11(8-15-9-12)13(16-5-2)14-10(3)17-18-20-14/h7-9,13,16H,4-6H2,1-3H3. The molecule has 1 N–H and O–H groups in total. The van der Waals surface area contributed by atoms with Gasteiger partial charge in [-0.05, 0) is 43.1 Å². The first-order chi connectivity index (χ1) is 9.76. The zero-order valence-corrected chi connectivity index (χ0v) is 12.9. The minimum absolute atomic E-state index is 0.0673. The molecule has 0 aromatic carbocycles. The van der Waals surface area contributed by atoms with Crippen molar-refractivity contribution in [1.82, 2.24) is 19.9 Å². The van der Waals surface area contributed by atoms with E-state index in [2.05, 4.69) is 33.7 Å². The number of rotatable bonds is 7. The fourth-order valence-electron chi connectivity index (χ4n) is 1.96. The van der Waals surface area contributed by atoms with Gasteiger partial charge in [0.15, 0.2) is 0 Å². The summed E-state index contributed by atoms with van der Waals surface area (Å²) in [6.45, 7) is 7.72. The van der Waals surface area contributed by atoms with Crippen LogP contribution in [0.5, 0.6) is 5.75 Å². The second-order valence-electron chi connectivity index (χ2n) is 4.52. The maximum absolute atomic E-state index is 5.65. The normalized spacial score (nSPS) is 12.3. The van der Waals surface area contributed by atoms with Gasteiger partial charge in [-0.2, -0.15) is 0 Å². The molecule has 0 saturated heterocycles. The summed E-state index contributed by atoms with van der Waals surface area (Å²) in [6, 6.07) is 2.10. The van der Waals surface area contributed by atoms with Gasteiger partial charge >= 0.3 is 0 Å². The summed E-state index contributed by atoms with van der Waals surface area (Å²) in [4.78, 5) is 5.41. The van der Waals surface area contributed by atoms with Crippen molar-refractivity contribution in [3.8, 4) is 5.75 Å². The monoisotopic (exact) mass is 292 g/mol. The highest BCUT2D eigenvalue weighted by molar-refractivity contribution is 7.05. The van der Waals surface area contributed by atoms with E-state index in [4.69, 9.17) is 4.74 Å². The van der Waals surface area contributed by atoms with Crippen molar-refractivity contribution >= 4 is 11.5 Å². The summed E-state index contributed by atoms with van der Waals surface area (Å²) in [5, 5.41) is 7.55. The second-order valence-corrected chi connectivity index (χ2v) is 5.30. The fraction of sp³-hybridized carbons (Fsp3) is 0.500. The van der Waals surface area contributed by atoms with E-state index in [1.165, 1.54) is 11.5 Å². The Bertz CT molecular complexity index is 543. The van der Waals surface area contributed by atoms with Crippen LogP contribution in [0.1, 0.15) is 42.4 Å². The van der Waals surface area contributed by atoms with Crippen molar-refractivity contribution in [1.29, 1.82) is 0 Å². The van der Waals surface area contributed by atoms with E-state index in [0.717, 1.165) is 34.8 Å². The molecule has 2 heterocycles. The van der Waals surface area contributed by atoms with Gasteiger partial charge in [0.05, 0.1) is 29.4 Å². The summed E-state index contributed by atoms with van der Waals surface area (Å²) in [5.74, 6) is 0.808. The maximum atomic E-state index is 5.65. The summed E-state index contributed by atoms with van der Waals surface area (Å²) < 4.78 is 9.68. The molecule has 2 aromatic rings. The predicted octanol–water partition coefficient (Wildman–Crippen LogP) is 2.73. The van der Waals surface area contributed by atoms with Gasteiger partial charge in [0, 0.05) is 6.20 Å². The molecular weight excluding hydrogens is 272 g/mol. The molecule has 1 atom stereocenters. The highest BCUT2D eigenvalue weighted by Crippen LogP contribution is 2.28. The quantitative estimate of drug-likeness (QED) is 0.850. The van der Waals surface area contributed by atoms with Crippen molar-refractivity contribution in [2.45, 2.75) is 33.2 Å². The highest BCUT2D eigenvalue weighted by Gasteiger charge is 2.19. The van der Waals surface area contributed by atoms with Gasteiger partial charge in [0.2, 0.25) is 0 Å². The molecule has 0 spiro atoms. The van der Waals surface area contributed by atoms with Crippen molar-refractivity contribution in [3.05, 3.63) is 34.6 Å². The maximum Gasteiger partial charge on any atom is 0.137 e. The molecule has 2 aromatic heterocycles. The third-order valence-electron chi connectivity index (χ3n) is 2.90. The van der Waals surface area contributed by atoms with Gasteiger partial charge in [0.1, 0.15) is 5.75 Å². The molecule has 0 aliphatic rings. The van der Waals surface area contributed by atoms with Crippen molar-refractivity contribution in [3.63, 3.8) is 0 Å². The SMILES string of the molecule is CCCOc1cncc(C(NCC)c2snnc2C)c1. The predicted molar refractivity (Wildman–Crippen MR) is 80.2 cm³/mol. The van der Waals surface area contributed by atoms with Crippen LogP contribution >= 0.6 is 11.5 Å². The van der Waals surface area contributed by atoms with Crippen LogP contribution in [0, 0.1) is 6.92 Å². The third-order valence-corrected chi connectivity index (χ3v) is 3.79. The summed E-state index contributed by atoms with van der Waals surface area (Å²) in [6.07, 6.45) is 4.60. The van der Waals surface area contributed by atoms with Crippen LogP contribution in [-0.4, -0.2) is 27.7 Å². The molecule has 108 valence electrons. The summed E-state index contributed by atoms with van der Waals surface area (Å²) in [5.41, 5.74) is 2.04. The Morgan fingerprint density at radius 1 is 1.35 bits per heavy atom. The molecule has 0 fully saturated rings. The Morgan fingerprint density at radius 2 is 2.20 bits per heavy atom. The number of nitrogens with zero attached hydrogens (tertiary/aromatic N) is 3. The van der Waals surface area contributed by atoms with Crippen LogP contribution in [0.4, 0.5) is 0 Å². The van der Waals surface area contributed by atoms with Gasteiger partial charge in [0.25, 0.3) is 0 Å². The Labute approximate surface area is 123 Å². The zero-order chi connectivity index (χ0) is 14.4. The number of hydrogen-bond acceptors (Lipinski definition) is 6. The Kier molecular flexibility index (Phi) is 5.43. The van der Waals surface area contributed by atoms with Crippen LogP contribution in [-0.2, 0) is 0 Å². The molecule has 2 rings (SSSR count). The third kappa shape index (κ3) is 3.52. The van der Waals surface area contributed by atoms with E-state index in [1.807, 2.05) is 19.2 Å². The van der Waals surface area contributed by atoms with E-state index in [1.54, 1.807) is 6.20 Å². The lowest BCUT2D eigenvalue weighted by atomic mass is 10.1. The van der Waals surface area contributed by atoms with Crippen LogP contribution < -0.4 is 10.1 Å². The molecule has 20 heavy (non-hydrogen) atoms. The topological polar surface area (TPSA) is 59.9 Å². The van der Waals surface area contributed by atoms with Gasteiger partial charge in [-0.25, -0.2) is 0 Å². The van der Waals surface area contributed by atoms with Gasteiger partial charge in [-0.15, -0.1) is 5.10 Å². The largest absolute Gasteiger partial charge is 0.492 e. The lowest BCUT2D eigenvalue weighted by Gasteiger charge is -2.17. The molecule has 0 saturated carbocycles. The first-order valence-electron chi connectivity index (χ1n) is 6.86. The first-order valence-corrected chi connectivity index (χ1v) is 7.63. The van der Waals surface area contributed by atoms with Crippen LogP contribution in [0.15, 0.2) is 18.5 Å². The zero-order valence-electron chi connectivity index (χ0n) is 12.1. The Balaban J connectivity index is 2.27. The van der Waals surface area contributed by atoms with Crippen LogP contribution in [0.2, 0.25) is 0 Å². The number of pyridine rings is 1. The average Bonchev–Trinajstić information content (AvgIpc) is 2.89. The van der Waals surface area contributed by atoms with E-state index in [-0.39, 0.29) is 6.04 Å². The number of aromatic nitrogens is 3. The second kappa shape index (κ2) is 7.31. The van der Waals surface area contributed by atoms with E-state index in [0.29, 0.717) is 6.61 Å². The van der Waals surface area contributed by atoms with Gasteiger partial charge in [-0.3, -0.25) is 4.98 Å². The minimum atomic E-state index is 0.0673. The number of aryl methyl sites for hydroxylation is 1. The fourth-order valence-corrected chi connectivity index (χ4v) is 2.71.